The summed E-state index contributed by atoms with van der Waals surface area (Å²) in [6.45, 7) is 0. The number of halogens is 2. The average molecular weight is 286 g/mol. The quantitative estimate of drug-likeness (QED) is 0.819. The van der Waals surface area contributed by atoms with Crippen LogP contribution in [0.15, 0.2) is 39.7 Å². The fourth-order valence-corrected chi connectivity index (χ4v) is 1.77. The van der Waals surface area contributed by atoms with Crippen LogP contribution in [-0.4, -0.2) is 9.97 Å². The fourth-order valence-electron chi connectivity index (χ4n) is 1.23. The van der Waals surface area contributed by atoms with Gasteiger partial charge in [-0.05, 0) is 29.3 Å². The van der Waals surface area contributed by atoms with Gasteiger partial charge in [-0.2, -0.15) is 0 Å². The van der Waals surface area contributed by atoms with E-state index in [1.54, 1.807) is 0 Å². The highest BCUT2D eigenvalue weighted by molar-refractivity contribution is 9.10. The van der Waals surface area contributed by atoms with Crippen LogP contribution >= 0.6 is 27.5 Å². The van der Waals surface area contributed by atoms with Crippen molar-refractivity contribution in [2.24, 2.45) is 0 Å². The Labute approximate surface area is 99.3 Å². The standard InChI is InChI=1S/C10H6BrClN2O/c11-7-3-1-2-6(4-7)8-5-13-10(12)14-9(8)15/h1-5H,(H,13,14,15). The number of aromatic nitrogens is 2. The summed E-state index contributed by atoms with van der Waals surface area (Å²) in [5, 5.41) is 0.0961. The van der Waals surface area contributed by atoms with Gasteiger partial charge >= 0.3 is 0 Å². The molecule has 1 heterocycles. The van der Waals surface area contributed by atoms with Gasteiger partial charge in [0, 0.05) is 10.7 Å². The van der Waals surface area contributed by atoms with Crippen molar-refractivity contribution in [2.45, 2.75) is 0 Å². The molecule has 0 radical (unpaired) electrons. The topological polar surface area (TPSA) is 45.8 Å². The van der Waals surface area contributed by atoms with Crippen LogP contribution in [0.2, 0.25) is 5.28 Å². The van der Waals surface area contributed by atoms with E-state index in [1.807, 2.05) is 24.3 Å². The molecule has 0 aliphatic heterocycles. The predicted octanol–water partition coefficient (Wildman–Crippen LogP) is 2.85. The third-order valence-corrected chi connectivity index (χ3v) is 2.59. The largest absolute Gasteiger partial charge is 0.297 e. The SMILES string of the molecule is O=c1[nH]c(Cl)ncc1-c1cccc(Br)c1. The van der Waals surface area contributed by atoms with E-state index >= 15 is 0 Å². The zero-order valence-corrected chi connectivity index (χ0v) is 9.84. The van der Waals surface area contributed by atoms with E-state index in [9.17, 15) is 4.79 Å². The maximum atomic E-state index is 11.6. The molecule has 1 aromatic heterocycles. The van der Waals surface area contributed by atoms with Gasteiger partial charge < -0.3 is 0 Å². The number of nitrogens with zero attached hydrogens (tertiary/aromatic N) is 1. The third kappa shape index (κ3) is 2.27. The Hall–Kier alpha value is -1.13. The number of H-pyrrole nitrogens is 1. The molecule has 0 saturated heterocycles. The minimum Gasteiger partial charge on any atom is -0.297 e. The van der Waals surface area contributed by atoms with Gasteiger partial charge in [-0.15, -0.1) is 0 Å². The molecular weight excluding hydrogens is 279 g/mol. The lowest BCUT2D eigenvalue weighted by molar-refractivity contribution is 1.12. The molecule has 0 spiro atoms. The van der Waals surface area contributed by atoms with Crippen LogP contribution < -0.4 is 5.56 Å². The van der Waals surface area contributed by atoms with Crippen LogP contribution in [0.1, 0.15) is 0 Å². The smallest absolute Gasteiger partial charge is 0.259 e. The molecule has 0 fully saturated rings. The second-order valence-electron chi connectivity index (χ2n) is 2.93. The number of hydrogen-bond donors (Lipinski definition) is 1. The van der Waals surface area contributed by atoms with E-state index in [0.29, 0.717) is 5.56 Å². The molecule has 0 bridgehead atoms. The highest BCUT2D eigenvalue weighted by atomic mass is 79.9. The predicted molar refractivity (Wildman–Crippen MR) is 63.0 cm³/mol. The molecule has 76 valence electrons. The molecular formula is C10H6BrClN2O. The van der Waals surface area contributed by atoms with E-state index < -0.39 is 0 Å². The summed E-state index contributed by atoms with van der Waals surface area (Å²) >= 11 is 8.90. The van der Waals surface area contributed by atoms with E-state index in [4.69, 9.17) is 11.6 Å². The molecule has 2 rings (SSSR count). The summed E-state index contributed by atoms with van der Waals surface area (Å²) in [5.41, 5.74) is 1.06. The van der Waals surface area contributed by atoms with Crippen LogP contribution in [-0.2, 0) is 0 Å². The molecule has 15 heavy (non-hydrogen) atoms. The van der Waals surface area contributed by atoms with Crippen molar-refractivity contribution >= 4 is 27.5 Å². The van der Waals surface area contributed by atoms with Gasteiger partial charge in [-0.25, -0.2) is 4.98 Å². The molecule has 0 aliphatic carbocycles. The van der Waals surface area contributed by atoms with Crippen molar-refractivity contribution in [3.05, 3.63) is 50.6 Å². The Morgan fingerprint density at radius 1 is 1.40 bits per heavy atom. The van der Waals surface area contributed by atoms with Crippen LogP contribution in [0, 0.1) is 0 Å². The first-order valence-electron chi connectivity index (χ1n) is 4.17. The Morgan fingerprint density at radius 2 is 2.20 bits per heavy atom. The Bertz CT molecular complexity index is 553. The first-order chi connectivity index (χ1) is 7.16. The molecule has 5 heteroatoms. The minimum absolute atomic E-state index is 0.0961. The lowest BCUT2D eigenvalue weighted by atomic mass is 10.1. The first kappa shape index (κ1) is 10.4. The number of hydrogen-bond acceptors (Lipinski definition) is 2. The summed E-state index contributed by atoms with van der Waals surface area (Å²) in [6, 6.07) is 7.43. The summed E-state index contributed by atoms with van der Waals surface area (Å²) in [6.07, 6.45) is 1.46. The molecule has 0 atom stereocenters. The maximum Gasteiger partial charge on any atom is 0.259 e. The zero-order chi connectivity index (χ0) is 10.8. The van der Waals surface area contributed by atoms with Gasteiger partial charge in [-0.3, -0.25) is 9.78 Å². The molecule has 0 unspecified atom stereocenters. The van der Waals surface area contributed by atoms with Crippen LogP contribution in [0.3, 0.4) is 0 Å². The summed E-state index contributed by atoms with van der Waals surface area (Å²) in [5.74, 6) is 0. The fraction of sp³-hybridized carbons (Fsp3) is 0. The van der Waals surface area contributed by atoms with E-state index in [0.717, 1.165) is 10.0 Å². The normalized spacial score (nSPS) is 10.3. The summed E-state index contributed by atoms with van der Waals surface area (Å²) in [4.78, 5) is 17.8. The van der Waals surface area contributed by atoms with Crippen molar-refractivity contribution in [3.63, 3.8) is 0 Å². The van der Waals surface area contributed by atoms with Crippen molar-refractivity contribution in [2.75, 3.05) is 0 Å². The average Bonchev–Trinajstić information content (AvgIpc) is 2.17. The highest BCUT2D eigenvalue weighted by Crippen LogP contribution is 2.19. The van der Waals surface area contributed by atoms with Crippen LogP contribution in [0.4, 0.5) is 0 Å². The van der Waals surface area contributed by atoms with Crippen LogP contribution in [0.25, 0.3) is 11.1 Å². The molecule has 0 amide bonds. The molecule has 3 nitrogen and oxygen atoms in total. The van der Waals surface area contributed by atoms with Gasteiger partial charge in [0.25, 0.3) is 5.56 Å². The summed E-state index contributed by atoms with van der Waals surface area (Å²) < 4.78 is 0.911. The van der Waals surface area contributed by atoms with Gasteiger partial charge in [0.15, 0.2) is 0 Å². The van der Waals surface area contributed by atoms with Gasteiger partial charge in [-0.1, -0.05) is 28.1 Å². The molecule has 1 N–H and O–H groups in total. The highest BCUT2D eigenvalue weighted by Gasteiger charge is 2.04. The number of benzene rings is 1. The van der Waals surface area contributed by atoms with E-state index in [-0.39, 0.29) is 10.8 Å². The van der Waals surface area contributed by atoms with Crippen molar-refractivity contribution < 1.29 is 0 Å². The minimum atomic E-state index is -0.242. The Morgan fingerprint density at radius 3 is 2.87 bits per heavy atom. The van der Waals surface area contributed by atoms with Crippen molar-refractivity contribution in [3.8, 4) is 11.1 Å². The van der Waals surface area contributed by atoms with E-state index in [1.165, 1.54) is 6.20 Å². The van der Waals surface area contributed by atoms with Crippen molar-refractivity contribution in [1.29, 1.82) is 0 Å². The Balaban J connectivity index is 2.59. The second-order valence-corrected chi connectivity index (χ2v) is 4.20. The number of aromatic amines is 1. The van der Waals surface area contributed by atoms with Crippen molar-refractivity contribution in [1.82, 2.24) is 9.97 Å². The molecule has 0 saturated carbocycles. The van der Waals surface area contributed by atoms with Crippen LogP contribution in [0.5, 0.6) is 0 Å². The number of nitrogens with one attached hydrogen (secondary N) is 1. The first-order valence-corrected chi connectivity index (χ1v) is 5.34. The monoisotopic (exact) mass is 284 g/mol. The summed E-state index contributed by atoms with van der Waals surface area (Å²) in [7, 11) is 0. The molecule has 0 aliphatic rings. The third-order valence-electron chi connectivity index (χ3n) is 1.90. The lowest BCUT2D eigenvalue weighted by Crippen LogP contribution is -2.09. The van der Waals surface area contributed by atoms with Gasteiger partial charge in [0.05, 0.1) is 5.56 Å². The molecule has 1 aromatic carbocycles. The van der Waals surface area contributed by atoms with Gasteiger partial charge in [0.2, 0.25) is 5.28 Å². The van der Waals surface area contributed by atoms with E-state index in [2.05, 4.69) is 25.9 Å². The maximum absolute atomic E-state index is 11.6. The zero-order valence-electron chi connectivity index (χ0n) is 7.50. The molecule has 2 aromatic rings. The second kappa shape index (κ2) is 4.16. The van der Waals surface area contributed by atoms with Gasteiger partial charge in [0.1, 0.15) is 0 Å². The Kier molecular flexibility index (Phi) is 2.88. The lowest BCUT2D eigenvalue weighted by Gasteiger charge is -2.00. The number of rotatable bonds is 1.